The third-order valence-corrected chi connectivity index (χ3v) is 7.71. The number of nitrogens with one attached hydrogen (secondary N) is 1. The van der Waals surface area contributed by atoms with Crippen molar-refractivity contribution >= 4 is 21.6 Å². The van der Waals surface area contributed by atoms with E-state index in [1.807, 2.05) is 63.2 Å². The van der Waals surface area contributed by atoms with Gasteiger partial charge in [0.2, 0.25) is 5.91 Å². The van der Waals surface area contributed by atoms with Gasteiger partial charge in [0.25, 0.3) is 10.0 Å². The molecule has 0 aliphatic carbocycles. The molecule has 1 N–H and O–H groups in total. The number of hydrogen-bond donors (Lipinski definition) is 1. The summed E-state index contributed by atoms with van der Waals surface area (Å²) < 4.78 is 28.5. The number of rotatable bonds is 9. The summed E-state index contributed by atoms with van der Waals surface area (Å²) in [6, 6.07) is 21.7. The van der Waals surface area contributed by atoms with Crippen molar-refractivity contribution in [1.82, 2.24) is 5.32 Å². The number of aryl methyl sites for hydroxylation is 3. The normalized spacial score (nSPS) is 12.4. The zero-order valence-corrected chi connectivity index (χ0v) is 21.4. The van der Waals surface area contributed by atoms with Crippen LogP contribution in [0.2, 0.25) is 0 Å². The lowest BCUT2D eigenvalue weighted by atomic mass is 9.97. The van der Waals surface area contributed by atoms with Crippen molar-refractivity contribution in [2.24, 2.45) is 5.92 Å². The van der Waals surface area contributed by atoms with Crippen LogP contribution in [0.25, 0.3) is 0 Å². The van der Waals surface area contributed by atoms with Gasteiger partial charge >= 0.3 is 0 Å². The van der Waals surface area contributed by atoms with Gasteiger partial charge < -0.3 is 5.32 Å². The molecule has 0 fully saturated rings. The van der Waals surface area contributed by atoms with Gasteiger partial charge in [0.05, 0.1) is 16.6 Å². The number of sulfonamides is 1. The first kappa shape index (κ1) is 25.5. The molecule has 0 bridgehead atoms. The van der Waals surface area contributed by atoms with Gasteiger partial charge in [-0.2, -0.15) is 0 Å². The maximum Gasteiger partial charge on any atom is 0.264 e. The summed E-state index contributed by atoms with van der Waals surface area (Å²) in [6.07, 6.45) is 0.754. The van der Waals surface area contributed by atoms with Crippen LogP contribution in [-0.4, -0.2) is 20.9 Å². The van der Waals surface area contributed by atoms with Gasteiger partial charge in [-0.05, 0) is 74.1 Å². The summed E-state index contributed by atoms with van der Waals surface area (Å²) in [5.41, 5.74) is 4.46. The van der Waals surface area contributed by atoms with Crippen LogP contribution in [-0.2, 0) is 14.8 Å². The fourth-order valence-corrected chi connectivity index (χ4v) is 5.25. The van der Waals surface area contributed by atoms with Crippen molar-refractivity contribution in [1.29, 1.82) is 0 Å². The molecule has 3 aromatic rings. The van der Waals surface area contributed by atoms with Crippen LogP contribution in [0.4, 0.5) is 5.69 Å². The minimum Gasteiger partial charge on any atom is -0.348 e. The molecule has 0 spiro atoms. The van der Waals surface area contributed by atoms with E-state index in [-0.39, 0.29) is 23.4 Å². The van der Waals surface area contributed by atoms with E-state index in [1.54, 1.807) is 30.3 Å². The van der Waals surface area contributed by atoms with Crippen LogP contribution >= 0.6 is 0 Å². The molecule has 34 heavy (non-hydrogen) atoms. The highest BCUT2D eigenvalue weighted by atomic mass is 32.2. The molecule has 3 aromatic carbocycles. The summed E-state index contributed by atoms with van der Waals surface area (Å²) in [5.74, 6) is 0.0149. The highest BCUT2D eigenvalue weighted by Crippen LogP contribution is 2.27. The Hall–Kier alpha value is -3.12. The van der Waals surface area contributed by atoms with Crippen molar-refractivity contribution in [3.8, 4) is 0 Å². The van der Waals surface area contributed by atoms with Crippen LogP contribution in [0.1, 0.15) is 48.6 Å². The van der Waals surface area contributed by atoms with Crippen molar-refractivity contribution < 1.29 is 13.2 Å². The minimum absolute atomic E-state index is 0.158. The SMILES string of the molecule is Cc1ccc(S(=O)(=O)N(CC(=O)N[C@H](CC(C)C)c2ccccc2)c2ccc(C)c(C)c2)cc1. The molecule has 0 aromatic heterocycles. The topological polar surface area (TPSA) is 66.5 Å². The Kier molecular flexibility index (Phi) is 8.15. The summed E-state index contributed by atoms with van der Waals surface area (Å²) in [5, 5.41) is 3.08. The molecule has 0 unspecified atom stereocenters. The van der Waals surface area contributed by atoms with Gasteiger partial charge in [0.15, 0.2) is 0 Å². The monoisotopic (exact) mass is 478 g/mol. The molecule has 180 valence electrons. The van der Waals surface area contributed by atoms with E-state index >= 15 is 0 Å². The largest absolute Gasteiger partial charge is 0.348 e. The number of amides is 1. The molecule has 0 saturated carbocycles. The van der Waals surface area contributed by atoms with Gasteiger partial charge in [0, 0.05) is 0 Å². The fourth-order valence-electron chi connectivity index (χ4n) is 3.84. The Bertz CT molecular complexity index is 1220. The third-order valence-electron chi connectivity index (χ3n) is 5.92. The summed E-state index contributed by atoms with van der Waals surface area (Å²) >= 11 is 0. The number of nitrogens with zero attached hydrogens (tertiary/aromatic N) is 1. The third kappa shape index (κ3) is 6.26. The van der Waals surface area contributed by atoms with Gasteiger partial charge in [-0.25, -0.2) is 8.42 Å². The molecule has 1 atom stereocenters. The number of hydrogen-bond acceptors (Lipinski definition) is 3. The lowest BCUT2D eigenvalue weighted by molar-refractivity contribution is -0.120. The highest BCUT2D eigenvalue weighted by Gasteiger charge is 2.28. The molecule has 6 heteroatoms. The summed E-state index contributed by atoms with van der Waals surface area (Å²) in [6.45, 7) is 9.71. The first-order valence-electron chi connectivity index (χ1n) is 11.6. The second-order valence-corrected chi connectivity index (χ2v) is 11.1. The molecule has 0 radical (unpaired) electrons. The van der Waals surface area contributed by atoms with E-state index < -0.39 is 10.0 Å². The van der Waals surface area contributed by atoms with Gasteiger partial charge in [-0.15, -0.1) is 0 Å². The lowest BCUT2D eigenvalue weighted by Crippen LogP contribution is -2.42. The van der Waals surface area contributed by atoms with Crippen LogP contribution in [0.3, 0.4) is 0 Å². The first-order valence-corrected chi connectivity index (χ1v) is 13.0. The molecular weight excluding hydrogens is 444 g/mol. The van der Waals surface area contributed by atoms with Gasteiger partial charge in [-0.1, -0.05) is 67.9 Å². The fraction of sp³-hybridized carbons (Fsp3) is 0.321. The second-order valence-electron chi connectivity index (χ2n) is 9.25. The smallest absolute Gasteiger partial charge is 0.264 e. The van der Waals surface area contributed by atoms with E-state index in [0.717, 1.165) is 28.7 Å². The van der Waals surface area contributed by atoms with E-state index in [0.29, 0.717) is 11.6 Å². The van der Waals surface area contributed by atoms with Crippen LogP contribution in [0, 0.1) is 26.7 Å². The molecule has 0 aliphatic heterocycles. The predicted octanol–water partition coefficient (Wildman–Crippen LogP) is 5.71. The number of carbonyl (C=O) groups is 1. The number of anilines is 1. The lowest BCUT2D eigenvalue weighted by Gasteiger charge is -2.27. The Labute approximate surface area is 203 Å². The molecule has 0 saturated heterocycles. The molecular formula is C28H34N2O3S. The molecule has 0 aliphatic rings. The summed E-state index contributed by atoms with van der Waals surface area (Å²) in [7, 11) is -3.95. The van der Waals surface area contributed by atoms with Crippen molar-refractivity contribution in [2.45, 2.75) is 52.0 Å². The zero-order valence-electron chi connectivity index (χ0n) is 20.6. The minimum atomic E-state index is -3.95. The van der Waals surface area contributed by atoms with E-state index in [4.69, 9.17) is 0 Å². The molecule has 0 heterocycles. The van der Waals surface area contributed by atoms with E-state index in [1.165, 1.54) is 4.31 Å². The molecule has 3 rings (SSSR count). The maximum atomic E-state index is 13.7. The number of benzene rings is 3. The van der Waals surface area contributed by atoms with Crippen LogP contribution in [0.15, 0.2) is 77.7 Å². The molecule has 1 amide bonds. The number of carbonyl (C=O) groups excluding carboxylic acids is 1. The Morgan fingerprint density at radius 3 is 2.12 bits per heavy atom. The Morgan fingerprint density at radius 2 is 1.53 bits per heavy atom. The van der Waals surface area contributed by atoms with Crippen molar-refractivity contribution in [2.75, 3.05) is 10.8 Å². The average Bonchev–Trinajstić information content (AvgIpc) is 2.79. The standard InChI is InChI=1S/C28H34N2O3S/c1-20(2)17-27(24-9-7-6-8-10-24)29-28(31)19-30(25-14-13-22(4)23(5)18-25)34(32,33)26-15-11-21(3)12-16-26/h6-16,18,20,27H,17,19H2,1-5H3,(H,29,31)/t27-/m1/s1. The van der Waals surface area contributed by atoms with Crippen molar-refractivity contribution in [3.63, 3.8) is 0 Å². The van der Waals surface area contributed by atoms with E-state index in [2.05, 4.69) is 19.2 Å². The molecule has 5 nitrogen and oxygen atoms in total. The van der Waals surface area contributed by atoms with Crippen LogP contribution < -0.4 is 9.62 Å². The Morgan fingerprint density at radius 1 is 0.882 bits per heavy atom. The van der Waals surface area contributed by atoms with Gasteiger partial charge in [-0.3, -0.25) is 9.10 Å². The predicted molar refractivity (Wildman–Crippen MR) is 138 cm³/mol. The zero-order chi connectivity index (χ0) is 24.9. The van der Waals surface area contributed by atoms with Crippen LogP contribution in [0.5, 0.6) is 0 Å². The maximum absolute atomic E-state index is 13.7. The summed E-state index contributed by atoms with van der Waals surface area (Å²) in [4.78, 5) is 13.4. The highest BCUT2D eigenvalue weighted by molar-refractivity contribution is 7.92. The van der Waals surface area contributed by atoms with Gasteiger partial charge in [0.1, 0.15) is 6.54 Å². The second kappa shape index (κ2) is 10.9. The van der Waals surface area contributed by atoms with Crippen molar-refractivity contribution in [3.05, 3.63) is 95.1 Å². The Balaban J connectivity index is 1.95. The average molecular weight is 479 g/mol. The van der Waals surface area contributed by atoms with E-state index in [9.17, 15) is 13.2 Å². The quantitative estimate of drug-likeness (QED) is 0.428. The first-order chi connectivity index (χ1) is 16.1.